The zero-order valence-corrected chi connectivity index (χ0v) is 11.4. The predicted molar refractivity (Wildman–Crippen MR) is 76.0 cm³/mol. The zero-order valence-electron chi connectivity index (χ0n) is 11.4. The van der Waals surface area contributed by atoms with Crippen LogP contribution >= 0.6 is 0 Å². The second-order valence-corrected chi connectivity index (χ2v) is 5.99. The molecule has 1 aliphatic carbocycles. The summed E-state index contributed by atoms with van der Waals surface area (Å²) >= 11 is 0. The molecule has 1 saturated heterocycles. The van der Waals surface area contributed by atoms with E-state index in [1.54, 1.807) is 11.1 Å². The lowest BCUT2D eigenvalue weighted by Gasteiger charge is -2.31. The Morgan fingerprint density at radius 2 is 2.06 bits per heavy atom. The van der Waals surface area contributed by atoms with Crippen molar-refractivity contribution in [2.24, 2.45) is 5.92 Å². The van der Waals surface area contributed by atoms with Crippen molar-refractivity contribution in [2.75, 3.05) is 33.2 Å². The van der Waals surface area contributed by atoms with Gasteiger partial charge in [0, 0.05) is 26.2 Å². The van der Waals surface area contributed by atoms with Gasteiger partial charge in [0.05, 0.1) is 0 Å². The van der Waals surface area contributed by atoms with E-state index in [0.29, 0.717) is 0 Å². The van der Waals surface area contributed by atoms with Gasteiger partial charge in [0.2, 0.25) is 0 Å². The Bertz CT molecular complexity index is 410. The van der Waals surface area contributed by atoms with Crippen molar-refractivity contribution < 1.29 is 0 Å². The highest BCUT2D eigenvalue weighted by Gasteiger charge is 2.18. The number of hydrogen-bond acceptors (Lipinski definition) is 2. The topological polar surface area (TPSA) is 15.3 Å². The van der Waals surface area contributed by atoms with E-state index in [-0.39, 0.29) is 0 Å². The average Bonchev–Trinajstić information content (AvgIpc) is 2.78. The Labute approximate surface area is 110 Å². The molecule has 1 aromatic rings. The normalized spacial score (nSPS) is 19.0. The maximum atomic E-state index is 3.34. The average molecular weight is 244 g/mol. The van der Waals surface area contributed by atoms with Crippen LogP contribution in [0.3, 0.4) is 0 Å². The number of rotatable bonds is 5. The van der Waals surface area contributed by atoms with E-state index in [1.165, 1.54) is 57.4 Å². The van der Waals surface area contributed by atoms with Gasteiger partial charge in [-0.2, -0.15) is 0 Å². The minimum absolute atomic E-state index is 0.884. The third-order valence-electron chi connectivity index (χ3n) is 4.38. The van der Waals surface area contributed by atoms with E-state index < -0.39 is 0 Å². The molecule has 0 saturated carbocycles. The van der Waals surface area contributed by atoms with Gasteiger partial charge >= 0.3 is 0 Å². The molecule has 3 rings (SSSR count). The lowest BCUT2D eigenvalue weighted by molar-refractivity contribution is 0.226. The fraction of sp³-hybridized carbons (Fsp3) is 0.625. The molecule has 98 valence electrons. The van der Waals surface area contributed by atoms with Crippen LogP contribution in [-0.4, -0.2) is 38.1 Å². The van der Waals surface area contributed by atoms with Gasteiger partial charge in [-0.15, -0.1) is 0 Å². The standard InChI is InChI=1S/C16H24N2/c1-18(12-14-10-17-11-14)8-7-13-5-6-15-3-2-4-16(15)9-13/h5-6,9,14,17H,2-4,7-8,10-12H2,1H3. The number of nitrogens with zero attached hydrogens (tertiary/aromatic N) is 1. The monoisotopic (exact) mass is 244 g/mol. The molecule has 0 unspecified atom stereocenters. The summed E-state index contributed by atoms with van der Waals surface area (Å²) in [5.74, 6) is 0.884. The van der Waals surface area contributed by atoms with Crippen molar-refractivity contribution in [3.05, 3.63) is 34.9 Å². The van der Waals surface area contributed by atoms with Gasteiger partial charge in [0.1, 0.15) is 0 Å². The third-order valence-corrected chi connectivity index (χ3v) is 4.38. The summed E-state index contributed by atoms with van der Waals surface area (Å²) in [7, 11) is 2.26. The molecule has 1 aliphatic heterocycles. The highest BCUT2D eigenvalue weighted by molar-refractivity contribution is 5.35. The Balaban J connectivity index is 1.50. The van der Waals surface area contributed by atoms with Crippen LogP contribution in [-0.2, 0) is 19.3 Å². The highest BCUT2D eigenvalue weighted by Crippen LogP contribution is 2.23. The molecule has 0 aromatic heterocycles. The smallest absolute Gasteiger partial charge is 0.00311 e. The number of nitrogens with one attached hydrogen (secondary N) is 1. The summed E-state index contributed by atoms with van der Waals surface area (Å²) in [4.78, 5) is 2.48. The maximum Gasteiger partial charge on any atom is 0.00311 e. The summed E-state index contributed by atoms with van der Waals surface area (Å²) in [6, 6.07) is 7.14. The molecule has 2 heteroatoms. The molecule has 0 spiro atoms. The molecule has 0 amide bonds. The van der Waals surface area contributed by atoms with Crippen LogP contribution in [0.4, 0.5) is 0 Å². The minimum atomic E-state index is 0.884. The Morgan fingerprint density at radius 1 is 1.22 bits per heavy atom. The van der Waals surface area contributed by atoms with E-state index in [2.05, 4.69) is 35.5 Å². The quantitative estimate of drug-likeness (QED) is 0.850. The summed E-state index contributed by atoms with van der Waals surface area (Å²) in [5.41, 5.74) is 4.72. The van der Waals surface area contributed by atoms with Crippen molar-refractivity contribution in [3.8, 4) is 0 Å². The van der Waals surface area contributed by atoms with Gasteiger partial charge in [-0.3, -0.25) is 0 Å². The maximum absolute atomic E-state index is 3.34. The Morgan fingerprint density at radius 3 is 2.83 bits per heavy atom. The highest BCUT2D eigenvalue weighted by atomic mass is 15.1. The van der Waals surface area contributed by atoms with Gasteiger partial charge in [0.15, 0.2) is 0 Å². The van der Waals surface area contributed by atoms with Crippen LogP contribution in [0.2, 0.25) is 0 Å². The molecule has 0 atom stereocenters. The fourth-order valence-electron chi connectivity index (χ4n) is 3.11. The molecule has 0 bridgehead atoms. The van der Waals surface area contributed by atoms with Crippen LogP contribution in [0.25, 0.3) is 0 Å². The van der Waals surface area contributed by atoms with Crippen molar-refractivity contribution >= 4 is 0 Å². The lowest BCUT2D eigenvalue weighted by Crippen LogP contribution is -2.47. The van der Waals surface area contributed by atoms with Gasteiger partial charge < -0.3 is 10.2 Å². The van der Waals surface area contributed by atoms with E-state index in [9.17, 15) is 0 Å². The van der Waals surface area contributed by atoms with Gasteiger partial charge in [-0.25, -0.2) is 0 Å². The molecule has 2 nitrogen and oxygen atoms in total. The molecule has 1 aromatic carbocycles. The molecule has 0 radical (unpaired) electrons. The van der Waals surface area contributed by atoms with Crippen molar-refractivity contribution in [2.45, 2.75) is 25.7 Å². The Hall–Kier alpha value is -0.860. The van der Waals surface area contributed by atoms with Crippen LogP contribution < -0.4 is 5.32 Å². The van der Waals surface area contributed by atoms with Crippen LogP contribution in [0.1, 0.15) is 23.1 Å². The van der Waals surface area contributed by atoms with Gasteiger partial charge in [-0.05, 0) is 55.3 Å². The van der Waals surface area contributed by atoms with Crippen molar-refractivity contribution in [1.82, 2.24) is 10.2 Å². The Kier molecular flexibility index (Phi) is 3.67. The lowest BCUT2D eigenvalue weighted by atomic mass is 10.0. The molecule has 2 aliphatic rings. The number of benzene rings is 1. The SMILES string of the molecule is CN(CCc1ccc2c(c1)CCC2)CC1CNC1. The summed E-state index contributed by atoms with van der Waals surface area (Å²) in [6.07, 6.45) is 5.15. The fourth-order valence-corrected chi connectivity index (χ4v) is 3.11. The van der Waals surface area contributed by atoms with Crippen LogP contribution in [0, 0.1) is 5.92 Å². The first-order valence-corrected chi connectivity index (χ1v) is 7.31. The van der Waals surface area contributed by atoms with Gasteiger partial charge in [-0.1, -0.05) is 18.2 Å². The third kappa shape index (κ3) is 2.76. The number of hydrogen-bond donors (Lipinski definition) is 1. The molecular formula is C16H24N2. The van der Waals surface area contributed by atoms with E-state index in [4.69, 9.17) is 0 Å². The first-order valence-electron chi connectivity index (χ1n) is 7.31. The minimum Gasteiger partial charge on any atom is -0.316 e. The van der Waals surface area contributed by atoms with E-state index >= 15 is 0 Å². The molecule has 1 N–H and O–H groups in total. The summed E-state index contributed by atoms with van der Waals surface area (Å²) in [6.45, 7) is 4.86. The number of fused-ring (bicyclic) bond motifs is 1. The first kappa shape index (κ1) is 12.2. The largest absolute Gasteiger partial charge is 0.316 e. The molecule has 1 fully saturated rings. The zero-order chi connectivity index (χ0) is 12.4. The van der Waals surface area contributed by atoms with E-state index in [0.717, 1.165) is 5.92 Å². The van der Waals surface area contributed by atoms with E-state index in [1.807, 2.05) is 0 Å². The molecular weight excluding hydrogens is 220 g/mol. The van der Waals surface area contributed by atoms with Crippen molar-refractivity contribution in [1.29, 1.82) is 0 Å². The second kappa shape index (κ2) is 5.41. The molecule has 18 heavy (non-hydrogen) atoms. The first-order chi connectivity index (χ1) is 8.81. The van der Waals surface area contributed by atoms with Crippen LogP contribution in [0.15, 0.2) is 18.2 Å². The summed E-state index contributed by atoms with van der Waals surface area (Å²) in [5, 5.41) is 3.34. The predicted octanol–water partition coefficient (Wildman–Crippen LogP) is 1.87. The van der Waals surface area contributed by atoms with Crippen LogP contribution in [0.5, 0.6) is 0 Å². The second-order valence-electron chi connectivity index (χ2n) is 5.99. The van der Waals surface area contributed by atoms with Gasteiger partial charge in [0.25, 0.3) is 0 Å². The summed E-state index contributed by atoms with van der Waals surface area (Å²) < 4.78 is 0. The number of aryl methyl sites for hydroxylation is 2. The molecule has 1 heterocycles. The number of likely N-dealkylation sites (N-methyl/N-ethyl adjacent to an activating group) is 1. The van der Waals surface area contributed by atoms with Crippen molar-refractivity contribution in [3.63, 3.8) is 0 Å².